The van der Waals surface area contributed by atoms with Crippen molar-refractivity contribution in [3.05, 3.63) is 18.2 Å². The Morgan fingerprint density at radius 2 is 0.878 bits per heavy atom. The molecule has 2 atom stereocenters. The molecule has 74 heavy (non-hydrogen) atoms. The number of hydrogen-bond acceptors (Lipinski definition) is 3. The third kappa shape index (κ3) is 52.8. The Kier molecular flexibility index (Phi) is 57.0. The van der Waals surface area contributed by atoms with Gasteiger partial charge in [0, 0.05) is 31.4 Å². The van der Waals surface area contributed by atoms with E-state index in [1.54, 1.807) is 0 Å². The van der Waals surface area contributed by atoms with E-state index in [4.69, 9.17) is 9.90 Å². The zero-order valence-corrected chi connectivity index (χ0v) is 50.9. The number of carboxylic acids is 1. The Morgan fingerprint density at radius 1 is 0.500 bits per heavy atom. The van der Waals surface area contributed by atoms with Crippen molar-refractivity contribution in [1.82, 2.24) is 14.9 Å². The lowest BCUT2D eigenvalue weighted by atomic mass is 9.88. The van der Waals surface area contributed by atoms with E-state index in [0.717, 1.165) is 30.7 Å². The van der Waals surface area contributed by atoms with E-state index in [2.05, 4.69) is 62.6 Å². The van der Waals surface area contributed by atoms with Crippen molar-refractivity contribution in [2.45, 2.75) is 369 Å². The zero-order valence-electron chi connectivity index (χ0n) is 50.1. The maximum absolute atomic E-state index is 10.6. The highest BCUT2D eigenvalue weighted by molar-refractivity contribution is 5.85. The van der Waals surface area contributed by atoms with Gasteiger partial charge in [0.15, 0.2) is 0 Å². The highest BCUT2D eigenvalue weighted by Gasteiger charge is 2.38. The van der Waals surface area contributed by atoms with Gasteiger partial charge >= 0.3 is 12.1 Å². The van der Waals surface area contributed by atoms with Gasteiger partial charge in [0.05, 0.1) is 0 Å². The van der Waals surface area contributed by atoms with Crippen molar-refractivity contribution in [1.29, 1.82) is 0 Å². The molecule has 1 aromatic rings. The van der Waals surface area contributed by atoms with Crippen LogP contribution in [0.3, 0.4) is 0 Å². The standard InChI is InChI=1S/C63H125N3.C2HF3O2.ClH/c1-7-10-13-15-17-19-21-23-25-27-29-31-33-35-37-39-48-61(49-40-38-36-34-32-30-28-26-24-22-20-18-16-14-11-8-2)50-41-42-51-62(54-53-60(6)47-45-46-59(4)5)64-55-43-44-57-66-58-56-65-63(66)52-12-9-3;3-2(4,5)1(6)7;/h56,58-62,64H,7-55,57H2,1-6H3;(H,6,7);1H. The van der Waals surface area contributed by atoms with Gasteiger partial charge in [-0.05, 0) is 62.8 Å². The minimum atomic E-state index is -5.08. The van der Waals surface area contributed by atoms with Gasteiger partial charge in [0.1, 0.15) is 5.82 Å². The number of rotatable bonds is 55. The summed E-state index contributed by atoms with van der Waals surface area (Å²) in [7, 11) is 0. The minimum absolute atomic E-state index is 0. The van der Waals surface area contributed by atoms with Crippen LogP contribution in [0.25, 0.3) is 0 Å². The summed E-state index contributed by atoms with van der Waals surface area (Å²) in [6.45, 7) is 16.5. The number of hydrogen-bond donors (Lipinski definition) is 2. The topological polar surface area (TPSA) is 67.2 Å². The van der Waals surface area contributed by atoms with Crippen LogP contribution >= 0.6 is 12.4 Å². The van der Waals surface area contributed by atoms with Gasteiger partial charge in [0.25, 0.3) is 0 Å². The molecule has 0 aliphatic carbocycles. The van der Waals surface area contributed by atoms with Crippen molar-refractivity contribution in [2.75, 3.05) is 6.54 Å². The molecular weight excluding hydrogens is 947 g/mol. The van der Waals surface area contributed by atoms with Gasteiger partial charge in [-0.3, -0.25) is 0 Å². The van der Waals surface area contributed by atoms with Crippen LogP contribution in [0.2, 0.25) is 0 Å². The smallest absolute Gasteiger partial charge is 0.475 e. The van der Waals surface area contributed by atoms with Crippen LogP contribution in [0, 0.1) is 17.8 Å². The van der Waals surface area contributed by atoms with E-state index in [-0.39, 0.29) is 12.4 Å². The van der Waals surface area contributed by atoms with E-state index < -0.39 is 12.1 Å². The predicted octanol–water partition coefficient (Wildman–Crippen LogP) is 22.7. The normalized spacial score (nSPS) is 12.6. The number of nitrogens with zero attached hydrogens (tertiary/aromatic N) is 2. The first-order valence-electron chi connectivity index (χ1n) is 32.5. The van der Waals surface area contributed by atoms with E-state index in [1.165, 1.54) is 314 Å². The molecule has 0 amide bonds. The molecule has 0 aromatic carbocycles. The fourth-order valence-electron chi connectivity index (χ4n) is 10.9. The number of aromatic nitrogens is 2. The highest BCUT2D eigenvalue weighted by atomic mass is 35.5. The monoisotopic (exact) mass is 1070 g/mol. The Bertz CT molecular complexity index is 1230. The molecule has 2 N–H and O–H groups in total. The number of carboxylic acid groups (broad SMARTS) is 1. The molecule has 442 valence electrons. The number of halogens is 4. The van der Waals surface area contributed by atoms with Crippen molar-refractivity contribution in [2.24, 2.45) is 17.8 Å². The van der Waals surface area contributed by atoms with E-state index in [9.17, 15) is 13.2 Å². The van der Waals surface area contributed by atoms with Gasteiger partial charge < -0.3 is 15.0 Å². The molecule has 0 bridgehead atoms. The molecule has 0 fully saturated rings. The second kappa shape index (κ2) is 56.4. The summed E-state index contributed by atoms with van der Waals surface area (Å²) in [5.74, 6) is 1.21. The molecular formula is C65H127ClF3N3O2. The fraction of sp³-hybridized carbons (Fsp3) is 0.938. The van der Waals surface area contributed by atoms with Crippen LogP contribution in [0.1, 0.15) is 349 Å². The van der Waals surface area contributed by atoms with Crippen LogP contribution in [0.5, 0.6) is 0 Å². The Hall–Kier alpha value is -1.28. The summed E-state index contributed by atoms with van der Waals surface area (Å²) in [5.41, 5.74) is 0. The summed E-state index contributed by atoms with van der Waals surface area (Å²) in [5, 5.41) is 11.2. The maximum atomic E-state index is 10.6. The molecule has 0 radical (unpaired) electrons. The van der Waals surface area contributed by atoms with Gasteiger partial charge in [-0.15, -0.1) is 12.4 Å². The van der Waals surface area contributed by atoms with Crippen molar-refractivity contribution < 1.29 is 23.1 Å². The number of unbranched alkanes of at least 4 members (excludes halogenated alkanes) is 33. The molecule has 1 aromatic heterocycles. The average Bonchev–Trinajstić information content (AvgIpc) is 3.81. The van der Waals surface area contributed by atoms with Crippen LogP contribution in [-0.4, -0.2) is 39.4 Å². The summed E-state index contributed by atoms with van der Waals surface area (Å²) >= 11 is 0. The number of aliphatic carboxylic acids is 1. The number of imidazole rings is 1. The number of aryl methyl sites for hydroxylation is 2. The molecule has 2 unspecified atom stereocenters. The lowest BCUT2D eigenvalue weighted by Crippen LogP contribution is -2.30. The van der Waals surface area contributed by atoms with Crippen molar-refractivity contribution in [3.8, 4) is 0 Å². The van der Waals surface area contributed by atoms with Gasteiger partial charge in [-0.1, -0.05) is 305 Å². The van der Waals surface area contributed by atoms with E-state index in [1.807, 2.05) is 6.20 Å². The quantitative estimate of drug-likeness (QED) is 0.0638. The largest absolute Gasteiger partial charge is 0.490 e. The molecule has 9 heteroatoms. The lowest BCUT2D eigenvalue weighted by Gasteiger charge is -2.22. The summed E-state index contributed by atoms with van der Waals surface area (Å²) in [6.07, 6.45) is 68.0. The molecule has 0 saturated carbocycles. The molecule has 5 nitrogen and oxygen atoms in total. The Balaban J connectivity index is 0. The first-order valence-corrected chi connectivity index (χ1v) is 32.5. The average molecular weight is 1080 g/mol. The zero-order chi connectivity index (χ0) is 53.7. The molecule has 1 heterocycles. The third-order valence-corrected chi connectivity index (χ3v) is 15.9. The second-order valence-electron chi connectivity index (χ2n) is 23.6. The van der Waals surface area contributed by atoms with Crippen molar-refractivity contribution >= 4 is 18.4 Å². The van der Waals surface area contributed by atoms with Gasteiger partial charge in [-0.25, -0.2) is 9.78 Å². The molecule has 0 saturated heterocycles. The number of alkyl halides is 3. The summed E-state index contributed by atoms with van der Waals surface area (Å²) in [6, 6.07) is 0.699. The van der Waals surface area contributed by atoms with Crippen molar-refractivity contribution in [3.63, 3.8) is 0 Å². The van der Waals surface area contributed by atoms with Crippen LogP contribution in [0.15, 0.2) is 12.4 Å². The van der Waals surface area contributed by atoms with Gasteiger partial charge in [0.2, 0.25) is 0 Å². The fourth-order valence-corrected chi connectivity index (χ4v) is 10.9. The molecule has 0 aliphatic rings. The first-order chi connectivity index (χ1) is 35.4. The SMILES string of the molecule is CCCCCCCCCCCCCCCCCCC(CCCCCCCCCCCCCCCCCC)CCCCC(CCC(C)CCCC(C)C)NCCCCn1ccnc1CCCC.Cl.O=C(O)C(F)(F)F. The maximum Gasteiger partial charge on any atom is 0.490 e. The minimum Gasteiger partial charge on any atom is -0.475 e. The van der Waals surface area contributed by atoms with E-state index in [0.29, 0.717) is 6.04 Å². The van der Waals surface area contributed by atoms with Crippen LogP contribution < -0.4 is 5.32 Å². The number of carbonyl (C=O) groups is 1. The number of nitrogens with one attached hydrogen (secondary N) is 1. The Labute approximate surface area is 465 Å². The van der Waals surface area contributed by atoms with Crippen LogP contribution in [-0.2, 0) is 17.8 Å². The summed E-state index contributed by atoms with van der Waals surface area (Å²) in [4.78, 5) is 13.6. The van der Waals surface area contributed by atoms with Gasteiger partial charge in [-0.2, -0.15) is 13.2 Å². The molecule has 0 spiro atoms. The van der Waals surface area contributed by atoms with Crippen LogP contribution in [0.4, 0.5) is 13.2 Å². The Morgan fingerprint density at radius 3 is 1.27 bits per heavy atom. The predicted molar refractivity (Wildman–Crippen MR) is 320 cm³/mol. The summed E-state index contributed by atoms with van der Waals surface area (Å²) < 4.78 is 34.2. The first kappa shape index (κ1) is 74.8. The van der Waals surface area contributed by atoms with E-state index >= 15 is 0 Å². The highest BCUT2D eigenvalue weighted by Crippen LogP contribution is 2.26. The molecule has 0 aliphatic heterocycles. The second-order valence-corrected chi connectivity index (χ2v) is 23.6. The molecule has 1 rings (SSSR count). The third-order valence-electron chi connectivity index (χ3n) is 15.9. The lowest BCUT2D eigenvalue weighted by molar-refractivity contribution is -0.192.